The van der Waals surface area contributed by atoms with Crippen LogP contribution in [0.1, 0.15) is 20.8 Å². The van der Waals surface area contributed by atoms with Crippen LogP contribution in [0.25, 0.3) is 22.8 Å². The highest BCUT2D eigenvalue weighted by molar-refractivity contribution is 5.65. The summed E-state index contributed by atoms with van der Waals surface area (Å²) in [5, 5.41) is 0. The predicted molar refractivity (Wildman–Crippen MR) is 99.7 cm³/mol. The summed E-state index contributed by atoms with van der Waals surface area (Å²) >= 11 is 0. The van der Waals surface area contributed by atoms with Crippen LogP contribution in [0, 0.1) is 0 Å². The number of nitrogens with zero attached hydrogens (tertiary/aromatic N) is 3. The van der Waals surface area contributed by atoms with E-state index in [2.05, 4.69) is 19.7 Å². The molecule has 0 aliphatic rings. The van der Waals surface area contributed by atoms with Gasteiger partial charge in [-0.15, -0.1) is 0 Å². The molecule has 1 heterocycles. The fraction of sp³-hybridized carbons (Fsp3) is 0.200. The average molecular weight is 337 g/mol. The smallest absolute Gasteiger partial charge is 0.302 e. The molecule has 0 aliphatic heterocycles. The Morgan fingerprint density at radius 1 is 0.800 bits per heavy atom. The van der Waals surface area contributed by atoms with Crippen LogP contribution in [0.15, 0.2) is 67.0 Å². The molecule has 25 heavy (non-hydrogen) atoms. The van der Waals surface area contributed by atoms with Gasteiger partial charge in [0.05, 0.1) is 7.11 Å². The van der Waals surface area contributed by atoms with Gasteiger partial charge in [0.15, 0.2) is 11.6 Å². The largest absolute Gasteiger partial charge is 0.469 e. The van der Waals surface area contributed by atoms with Crippen LogP contribution in [0.3, 0.4) is 0 Å². The number of carbonyl (C=O) groups excluding carboxylic acids is 1. The van der Waals surface area contributed by atoms with Crippen molar-refractivity contribution in [1.82, 2.24) is 15.0 Å². The number of esters is 1. The molecular formula is C20H23N3O2. The van der Waals surface area contributed by atoms with Gasteiger partial charge >= 0.3 is 5.97 Å². The maximum Gasteiger partial charge on any atom is 0.302 e. The molecular weight excluding hydrogens is 314 g/mol. The van der Waals surface area contributed by atoms with E-state index in [1.54, 1.807) is 6.33 Å². The highest BCUT2D eigenvalue weighted by Gasteiger charge is 2.04. The lowest BCUT2D eigenvalue weighted by molar-refractivity contribution is -0.137. The lowest BCUT2D eigenvalue weighted by Gasteiger charge is -2.02. The summed E-state index contributed by atoms with van der Waals surface area (Å²) in [7, 11) is 1.35. The number of benzene rings is 2. The molecule has 3 rings (SSSR count). The lowest BCUT2D eigenvalue weighted by Crippen LogP contribution is -1.94. The minimum Gasteiger partial charge on any atom is -0.469 e. The van der Waals surface area contributed by atoms with Gasteiger partial charge in [0.1, 0.15) is 6.33 Å². The van der Waals surface area contributed by atoms with Crippen LogP contribution in [-0.4, -0.2) is 28.0 Å². The van der Waals surface area contributed by atoms with Crippen molar-refractivity contribution in [2.24, 2.45) is 0 Å². The second kappa shape index (κ2) is 11.5. The zero-order valence-electron chi connectivity index (χ0n) is 15.0. The van der Waals surface area contributed by atoms with Gasteiger partial charge < -0.3 is 4.74 Å². The fourth-order valence-corrected chi connectivity index (χ4v) is 1.75. The van der Waals surface area contributed by atoms with E-state index < -0.39 is 0 Å². The molecule has 0 atom stereocenters. The molecule has 0 N–H and O–H groups in total. The maximum absolute atomic E-state index is 9.59. The molecule has 0 bridgehead atoms. The SMILES string of the molecule is CC.COC(C)=O.c1ccc(-c2ncnc(-c3ccccc3)n2)cc1. The Kier molecular flexibility index (Phi) is 9.15. The van der Waals surface area contributed by atoms with Gasteiger partial charge in [-0.1, -0.05) is 74.5 Å². The fourth-order valence-electron chi connectivity index (χ4n) is 1.75. The van der Waals surface area contributed by atoms with Crippen molar-refractivity contribution in [3.05, 3.63) is 67.0 Å². The van der Waals surface area contributed by atoms with Gasteiger partial charge in [0.2, 0.25) is 0 Å². The molecule has 0 aliphatic carbocycles. The zero-order chi connectivity index (χ0) is 18.5. The monoisotopic (exact) mass is 337 g/mol. The number of rotatable bonds is 2. The molecule has 0 saturated heterocycles. The predicted octanol–water partition coefficient (Wildman–Crippen LogP) is 4.41. The van der Waals surface area contributed by atoms with Crippen molar-refractivity contribution in [3.8, 4) is 22.8 Å². The number of aromatic nitrogens is 3. The Hall–Kier alpha value is -3.08. The van der Waals surface area contributed by atoms with Crippen molar-refractivity contribution >= 4 is 5.97 Å². The van der Waals surface area contributed by atoms with Gasteiger partial charge in [-0.05, 0) is 0 Å². The van der Waals surface area contributed by atoms with E-state index in [4.69, 9.17) is 0 Å². The molecule has 130 valence electrons. The summed E-state index contributed by atoms with van der Waals surface area (Å²) in [6, 6.07) is 19.8. The average Bonchev–Trinajstić information content (AvgIpc) is 2.71. The third-order valence-corrected chi connectivity index (χ3v) is 2.92. The van der Waals surface area contributed by atoms with Crippen molar-refractivity contribution < 1.29 is 9.53 Å². The van der Waals surface area contributed by atoms with E-state index >= 15 is 0 Å². The maximum atomic E-state index is 9.59. The van der Waals surface area contributed by atoms with Crippen LogP contribution >= 0.6 is 0 Å². The van der Waals surface area contributed by atoms with Crippen LogP contribution in [0.4, 0.5) is 0 Å². The summed E-state index contributed by atoms with van der Waals surface area (Å²) < 4.78 is 4.11. The quantitative estimate of drug-likeness (QED) is 0.648. The van der Waals surface area contributed by atoms with Gasteiger partial charge in [0, 0.05) is 18.1 Å². The van der Waals surface area contributed by atoms with Crippen LogP contribution in [0.2, 0.25) is 0 Å². The van der Waals surface area contributed by atoms with Crippen molar-refractivity contribution in [2.75, 3.05) is 7.11 Å². The Labute approximate surface area is 148 Å². The molecule has 0 fully saturated rings. The van der Waals surface area contributed by atoms with E-state index in [1.165, 1.54) is 14.0 Å². The standard InChI is InChI=1S/C15H11N3.C3H6O2.C2H6/c1-3-7-12(8-4-1)14-16-11-17-15(18-14)13-9-5-2-6-10-13;1-3(4)5-2;1-2/h1-11H;1-2H3;1-2H3. The van der Waals surface area contributed by atoms with Crippen LogP contribution in [0.5, 0.6) is 0 Å². The van der Waals surface area contributed by atoms with E-state index in [0.29, 0.717) is 11.6 Å². The first-order valence-corrected chi connectivity index (χ1v) is 8.05. The molecule has 0 amide bonds. The van der Waals surface area contributed by atoms with E-state index in [-0.39, 0.29) is 5.97 Å². The summed E-state index contributed by atoms with van der Waals surface area (Å²) in [5.74, 6) is 1.15. The number of ether oxygens (including phenoxy) is 1. The molecule has 0 saturated carbocycles. The number of hydrogen-bond acceptors (Lipinski definition) is 5. The van der Waals surface area contributed by atoms with Gasteiger partial charge in [-0.2, -0.15) is 0 Å². The van der Waals surface area contributed by atoms with Crippen LogP contribution in [-0.2, 0) is 9.53 Å². The second-order valence-electron chi connectivity index (χ2n) is 4.56. The van der Waals surface area contributed by atoms with E-state index in [9.17, 15) is 4.79 Å². The summed E-state index contributed by atoms with van der Waals surface area (Å²) in [4.78, 5) is 22.5. The van der Waals surface area contributed by atoms with Gasteiger partial charge in [-0.25, -0.2) is 15.0 Å². The first-order valence-electron chi connectivity index (χ1n) is 8.05. The Bertz CT molecular complexity index is 692. The van der Waals surface area contributed by atoms with Crippen molar-refractivity contribution in [2.45, 2.75) is 20.8 Å². The first kappa shape index (κ1) is 20.0. The minimum atomic E-state index is -0.245. The highest BCUT2D eigenvalue weighted by Crippen LogP contribution is 2.18. The molecule has 0 spiro atoms. The molecule has 5 heteroatoms. The summed E-state index contributed by atoms with van der Waals surface area (Å²) in [6.07, 6.45) is 1.55. The Balaban J connectivity index is 0.000000388. The third-order valence-electron chi connectivity index (χ3n) is 2.92. The van der Waals surface area contributed by atoms with Gasteiger partial charge in [0.25, 0.3) is 0 Å². The van der Waals surface area contributed by atoms with E-state index in [0.717, 1.165) is 11.1 Å². The normalized spacial score (nSPS) is 8.96. The van der Waals surface area contributed by atoms with Crippen molar-refractivity contribution in [3.63, 3.8) is 0 Å². The number of methoxy groups -OCH3 is 1. The number of hydrogen-bond donors (Lipinski definition) is 0. The topological polar surface area (TPSA) is 65.0 Å². The molecule has 0 unspecified atom stereocenters. The summed E-state index contributed by atoms with van der Waals surface area (Å²) in [5.41, 5.74) is 1.99. The summed E-state index contributed by atoms with van der Waals surface area (Å²) in [6.45, 7) is 5.36. The van der Waals surface area contributed by atoms with Crippen LogP contribution < -0.4 is 0 Å². The van der Waals surface area contributed by atoms with E-state index in [1.807, 2.05) is 74.5 Å². The van der Waals surface area contributed by atoms with Gasteiger partial charge in [-0.3, -0.25) is 4.79 Å². The first-order chi connectivity index (χ1) is 12.2. The molecule has 2 aromatic carbocycles. The zero-order valence-corrected chi connectivity index (χ0v) is 15.0. The molecule has 3 aromatic rings. The van der Waals surface area contributed by atoms with Crippen molar-refractivity contribution in [1.29, 1.82) is 0 Å². The number of carbonyl (C=O) groups is 1. The second-order valence-corrected chi connectivity index (χ2v) is 4.56. The highest BCUT2D eigenvalue weighted by atomic mass is 16.5. The Morgan fingerprint density at radius 3 is 1.48 bits per heavy atom. The third kappa shape index (κ3) is 6.91. The Morgan fingerprint density at radius 2 is 1.16 bits per heavy atom. The molecule has 1 aromatic heterocycles. The molecule has 0 radical (unpaired) electrons. The molecule has 5 nitrogen and oxygen atoms in total. The lowest BCUT2D eigenvalue weighted by atomic mass is 10.2. The minimum absolute atomic E-state index is 0.245.